The molecular formula is C10H11ClINS. The molecule has 0 saturated carbocycles. The molecule has 0 spiro atoms. The van der Waals surface area contributed by atoms with E-state index < -0.39 is 0 Å². The topological polar surface area (TPSA) is 12.4 Å². The third-order valence-corrected chi connectivity index (χ3v) is 4.73. The minimum atomic E-state index is 0.578. The number of halogens is 2. The number of allylic oxidation sites excluding steroid dienone is 3. The molecule has 2 aliphatic rings. The van der Waals surface area contributed by atoms with Crippen molar-refractivity contribution >= 4 is 51.9 Å². The number of hydrogen-bond donors (Lipinski definition) is 0. The Kier molecular flexibility index (Phi) is 3.60. The molecule has 2 atom stereocenters. The molecule has 1 aliphatic heterocycles. The van der Waals surface area contributed by atoms with Crippen LogP contribution in [0, 0.1) is 0 Å². The predicted octanol–water partition coefficient (Wildman–Crippen LogP) is 4.12. The summed E-state index contributed by atoms with van der Waals surface area (Å²) in [4.78, 5) is 0. The van der Waals surface area contributed by atoms with Gasteiger partial charge < -0.3 is 0 Å². The molecule has 4 heteroatoms. The highest BCUT2D eigenvalue weighted by atomic mass is 127. The zero-order valence-corrected chi connectivity index (χ0v) is 11.6. The Balaban J connectivity index is 2.31. The van der Waals surface area contributed by atoms with Crippen LogP contribution in [-0.2, 0) is 0 Å². The van der Waals surface area contributed by atoms with Gasteiger partial charge in [-0.2, -0.15) is 0 Å². The van der Waals surface area contributed by atoms with Gasteiger partial charge in [0, 0.05) is 22.0 Å². The highest BCUT2D eigenvalue weighted by molar-refractivity contribution is 14.1. The lowest BCUT2D eigenvalue weighted by Gasteiger charge is -2.31. The standard InChI is InChI=1S/C10H11ClINS/c1-6-4-9(13-12)8-5-7(11)2-3-10(8)14-6/h2,5-6,10H,3-4H2,1H3. The molecule has 1 saturated heterocycles. The van der Waals surface area contributed by atoms with Crippen LogP contribution in [0.25, 0.3) is 0 Å². The SMILES string of the molecule is CC1CC(=NI)C2=CC(Cl)=CCC2S1. The first kappa shape index (κ1) is 11.0. The second-order valence-corrected chi connectivity index (χ2v) is 6.16. The first-order valence-electron chi connectivity index (χ1n) is 4.61. The van der Waals surface area contributed by atoms with Crippen LogP contribution in [0.3, 0.4) is 0 Å². The molecule has 1 nitrogen and oxygen atoms in total. The highest BCUT2D eigenvalue weighted by Gasteiger charge is 2.29. The van der Waals surface area contributed by atoms with Gasteiger partial charge in [-0.3, -0.25) is 0 Å². The van der Waals surface area contributed by atoms with Gasteiger partial charge >= 0.3 is 0 Å². The predicted molar refractivity (Wildman–Crippen MR) is 73.5 cm³/mol. The summed E-state index contributed by atoms with van der Waals surface area (Å²) in [5.74, 6) is 0. The van der Waals surface area contributed by atoms with Gasteiger partial charge in [0.2, 0.25) is 0 Å². The van der Waals surface area contributed by atoms with E-state index in [2.05, 4.69) is 45.1 Å². The van der Waals surface area contributed by atoms with E-state index in [4.69, 9.17) is 11.6 Å². The molecule has 2 unspecified atom stereocenters. The molecule has 0 N–H and O–H groups in total. The molecule has 76 valence electrons. The maximum atomic E-state index is 6.01. The fourth-order valence-electron chi connectivity index (χ4n) is 1.85. The zero-order valence-electron chi connectivity index (χ0n) is 7.84. The lowest BCUT2D eigenvalue weighted by Crippen LogP contribution is -2.27. The molecule has 0 aromatic carbocycles. The van der Waals surface area contributed by atoms with Gasteiger partial charge in [0.05, 0.1) is 28.6 Å². The van der Waals surface area contributed by atoms with Crippen LogP contribution >= 0.6 is 46.2 Å². The zero-order chi connectivity index (χ0) is 10.1. The Hall–Kier alpha value is 0.520. The monoisotopic (exact) mass is 339 g/mol. The quantitative estimate of drug-likeness (QED) is 0.605. The highest BCUT2D eigenvalue weighted by Crippen LogP contribution is 2.39. The van der Waals surface area contributed by atoms with Crippen molar-refractivity contribution in [1.82, 2.24) is 0 Å². The van der Waals surface area contributed by atoms with Crippen molar-refractivity contribution in [2.75, 3.05) is 0 Å². The summed E-state index contributed by atoms with van der Waals surface area (Å²) in [5, 5.41) is 2.12. The van der Waals surface area contributed by atoms with Gasteiger partial charge in [-0.05, 0) is 18.1 Å². The molecule has 0 aromatic rings. The van der Waals surface area contributed by atoms with Gasteiger partial charge in [-0.15, -0.1) is 11.8 Å². The van der Waals surface area contributed by atoms with Crippen LogP contribution in [0.15, 0.2) is 26.0 Å². The number of thioether (sulfide) groups is 1. The second-order valence-electron chi connectivity index (χ2n) is 3.60. The number of rotatable bonds is 0. The average molecular weight is 340 g/mol. The fraction of sp³-hybridized carbons (Fsp3) is 0.500. The van der Waals surface area contributed by atoms with Gasteiger partial charge in [-0.25, -0.2) is 3.21 Å². The summed E-state index contributed by atoms with van der Waals surface area (Å²) in [7, 11) is 0. The van der Waals surface area contributed by atoms with E-state index in [1.165, 1.54) is 11.3 Å². The van der Waals surface area contributed by atoms with Crippen LogP contribution in [0.4, 0.5) is 0 Å². The molecule has 0 bridgehead atoms. The largest absolute Gasteiger partial charge is 0.219 e. The Bertz CT molecular complexity index is 335. The molecular weight excluding hydrogens is 329 g/mol. The van der Waals surface area contributed by atoms with E-state index in [1.807, 2.05) is 11.8 Å². The molecule has 1 heterocycles. The van der Waals surface area contributed by atoms with Crippen LogP contribution in [0.1, 0.15) is 19.8 Å². The first-order chi connectivity index (χ1) is 6.70. The Morgan fingerprint density at radius 1 is 1.64 bits per heavy atom. The molecule has 0 amide bonds. The van der Waals surface area contributed by atoms with E-state index in [0.29, 0.717) is 10.5 Å². The van der Waals surface area contributed by atoms with Gasteiger partial charge in [0.25, 0.3) is 0 Å². The van der Waals surface area contributed by atoms with E-state index in [-0.39, 0.29) is 0 Å². The summed E-state index contributed by atoms with van der Waals surface area (Å²) in [6, 6.07) is 0. The fourth-order valence-corrected chi connectivity index (χ4v) is 3.90. The molecule has 14 heavy (non-hydrogen) atoms. The van der Waals surface area contributed by atoms with Crippen LogP contribution in [0.5, 0.6) is 0 Å². The summed E-state index contributed by atoms with van der Waals surface area (Å²) < 4.78 is 4.34. The number of fused-ring (bicyclic) bond motifs is 1. The van der Waals surface area contributed by atoms with Crippen molar-refractivity contribution < 1.29 is 0 Å². The number of hydrogen-bond acceptors (Lipinski definition) is 2. The normalized spacial score (nSPS) is 34.9. The number of nitrogens with zero attached hydrogens (tertiary/aromatic N) is 1. The Morgan fingerprint density at radius 3 is 3.14 bits per heavy atom. The van der Waals surface area contributed by atoms with E-state index >= 15 is 0 Å². The van der Waals surface area contributed by atoms with E-state index in [0.717, 1.165) is 17.9 Å². The minimum absolute atomic E-state index is 0.578. The maximum absolute atomic E-state index is 6.01. The molecule has 1 fully saturated rings. The molecule has 0 aromatic heterocycles. The van der Waals surface area contributed by atoms with Crippen molar-refractivity contribution in [3.05, 3.63) is 22.8 Å². The first-order valence-corrected chi connectivity index (χ1v) is 6.90. The summed E-state index contributed by atoms with van der Waals surface area (Å²) in [6.45, 7) is 2.27. The van der Waals surface area contributed by atoms with Gasteiger partial charge in [0.1, 0.15) is 0 Å². The molecule has 1 aliphatic carbocycles. The van der Waals surface area contributed by atoms with Crippen molar-refractivity contribution in [1.29, 1.82) is 0 Å². The van der Waals surface area contributed by atoms with Crippen LogP contribution < -0.4 is 0 Å². The van der Waals surface area contributed by atoms with E-state index in [9.17, 15) is 0 Å². The molecule has 2 rings (SSSR count). The van der Waals surface area contributed by atoms with Crippen molar-refractivity contribution in [2.45, 2.75) is 30.3 Å². The summed E-state index contributed by atoms with van der Waals surface area (Å²) in [6.07, 6.45) is 6.30. The molecule has 0 radical (unpaired) electrons. The van der Waals surface area contributed by atoms with Crippen molar-refractivity contribution in [3.63, 3.8) is 0 Å². The lowest BCUT2D eigenvalue weighted by molar-refractivity contribution is 0.923. The van der Waals surface area contributed by atoms with Crippen LogP contribution in [0.2, 0.25) is 0 Å². The van der Waals surface area contributed by atoms with Crippen LogP contribution in [-0.4, -0.2) is 16.2 Å². The van der Waals surface area contributed by atoms with Gasteiger partial charge in [-0.1, -0.05) is 24.6 Å². The Morgan fingerprint density at radius 2 is 2.43 bits per heavy atom. The second kappa shape index (κ2) is 4.58. The summed E-state index contributed by atoms with van der Waals surface area (Å²) >= 11 is 10.1. The third kappa shape index (κ3) is 2.19. The average Bonchev–Trinajstić information content (AvgIpc) is 2.17. The minimum Gasteiger partial charge on any atom is -0.219 e. The van der Waals surface area contributed by atoms with E-state index in [1.54, 1.807) is 0 Å². The Labute approximate surface area is 108 Å². The smallest absolute Gasteiger partial charge is 0.0834 e. The maximum Gasteiger partial charge on any atom is 0.0834 e. The van der Waals surface area contributed by atoms with Gasteiger partial charge in [0.15, 0.2) is 0 Å². The lowest BCUT2D eigenvalue weighted by atomic mass is 9.96. The van der Waals surface area contributed by atoms with Crippen molar-refractivity contribution in [3.8, 4) is 0 Å². The third-order valence-electron chi connectivity index (χ3n) is 2.48. The van der Waals surface area contributed by atoms with Crippen molar-refractivity contribution in [2.24, 2.45) is 3.21 Å². The summed E-state index contributed by atoms with van der Waals surface area (Å²) in [5.41, 5.74) is 2.57.